The van der Waals surface area contributed by atoms with Gasteiger partial charge < -0.3 is 10.2 Å². The fraction of sp³-hybridized carbons (Fsp3) is 0.316. The SMILES string of the molecule is O=C(Nc1cccnc1)[C@@H]1C[C@@]12CCN(C(=O)c1ccc(Cl)cc1)C2. The first kappa shape index (κ1) is 16.1. The number of aromatic nitrogens is 1. The van der Waals surface area contributed by atoms with Gasteiger partial charge in [-0.25, -0.2) is 0 Å². The quantitative estimate of drug-likeness (QED) is 0.919. The van der Waals surface area contributed by atoms with Crippen molar-refractivity contribution in [2.45, 2.75) is 12.8 Å². The first-order chi connectivity index (χ1) is 12.1. The van der Waals surface area contributed by atoms with Crippen LogP contribution in [0.5, 0.6) is 0 Å². The molecule has 6 heteroatoms. The Hall–Kier alpha value is -2.40. The zero-order valence-electron chi connectivity index (χ0n) is 13.6. The standard InChI is InChI=1S/C19H18ClN3O2/c20-14-5-3-13(4-6-14)18(25)23-9-7-19(12-23)10-16(19)17(24)22-15-2-1-8-21-11-15/h1-6,8,11,16H,7,9-10,12H2,(H,22,24)/t16-,19+/m0/s1. The highest BCUT2D eigenvalue weighted by molar-refractivity contribution is 6.30. The average Bonchev–Trinajstić information content (AvgIpc) is 3.16. The maximum absolute atomic E-state index is 12.6. The molecule has 2 aromatic rings. The molecule has 1 spiro atoms. The minimum atomic E-state index is -0.0611. The monoisotopic (exact) mass is 355 g/mol. The van der Waals surface area contributed by atoms with Crippen LogP contribution in [0.3, 0.4) is 0 Å². The molecule has 0 unspecified atom stereocenters. The Bertz CT molecular complexity index is 809. The van der Waals surface area contributed by atoms with Crippen LogP contribution in [-0.4, -0.2) is 34.8 Å². The zero-order valence-corrected chi connectivity index (χ0v) is 14.4. The van der Waals surface area contributed by atoms with Crippen molar-refractivity contribution in [2.24, 2.45) is 11.3 Å². The molecule has 1 saturated heterocycles. The van der Waals surface area contributed by atoms with Crippen LogP contribution in [0.2, 0.25) is 5.02 Å². The van der Waals surface area contributed by atoms with E-state index in [2.05, 4.69) is 10.3 Å². The highest BCUT2D eigenvalue weighted by Gasteiger charge is 2.61. The van der Waals surface area contributed by atoms with Crippen LogP contribution >= 0.6 is 11.6 Å². The Balaban J connectivity index is 1.39. The number of benzene rings is 1. The molecule has 128 valence electrons. The fourth-order valence-corrected chi connectivity index (χ4v) is 3.81. The molecule has 2 amide bonds. The number of hydrogen-bond acceptors (Lipinski definition) is 3. The Morgan fingerprint density at radius 2 is 2.04 bits per heavy atom. The number of carbonyl (C=O) groups excluding carboxylic acids is 2. The number of anilines is 1. The number of likely N-dealkylation sites (tertiary alicyclic amines) is 1. The van der Waals surface area contributed by atoms with Crippen molar-refractivity contribution in [3.63, 3.8) is 0 Å². The lowest BCUT2D eigenvalue weighted by atomic mass is 10.0. The molecule has 1 aromatic heterocycles. The van der Waals surface area contributed by atoms with Gasteiger partial charge in [0.05, 0.1) is 11.9 Å². The summed E-state index contributed by atoms with van der Waals surface area (Å²) in [7, 11) is 0. The number of nitrogens with one attached hydrogen (secondary N) is 1. The number of rotatable bonds is 3. The van der Waals surface area contributed by atoms with Crippen molar-refractivity contribution >= 4 is 29.1 Å². The van der Waals surface area contributed by atoms with E-state index < -0.39 is 0 Å². The van der Waals surface area contributed by atoms with Gasteiger partial charge in [-0.3, -0.25) is 14.6 Å². The third kappa shape index (κ3) is 3.12. The average molecular weight is 356 g/mol. The summed E-state index contributed by atoms with van der Waals surface area (Å²) in [6.07, 6.45) is 5.02. The summed E-state index contributed by atoms with van der Waals surface area (Å²) in [6.45, 7) is 1.33. The summed E-state index contributed by atoms with van der Waals surface area (Å²) in [5.41, 5.74) is 1.29. The van der Waals surface area contributed by atoms with Gasteiger partial charge in [0.15, 0.2) is 0 Å². The molecule has 1 N–H and O–H groups in total. The van der Waals surface area contributed by atoms with Gasteiger partial charge in [0.1, 0.15) is 0 Å². The summed E-state index contributed by atoms with van der Waals surface area (Å²) in [4.78, 5) is 30.9. The number of hydrogen-bond donors (Lipinski definition) is 1. The van der Waals surface area contributed by atoms with Crippen molar-refractivity contribution in [3.05, 3.63) is 59.4 Å². The Morgan fingerprint density at radius 3 is 2.76 bits per heavy atom. The van der Waals surface area contributed by atoms with Crippen LogP contribution < -0.4 is 5.32 Å². The largest absolute Gasteiger partial charge is 0.338 e. The molecule has 5 nitrogen and oxygen atoms in total. The summed E-state index contributed by atoms with van der Waals surface area (Å²) in [6, 6.07) is 10.6. The molecule has 1 saturated carbocycles. The lowest BCUT2D eigenvalue weighted by molar-refractivity contribution is -0.118. The van der Waals surface area contributed by atoms with Crippen LogP contribution in [0.1, 0.15) is 23.2 Å². The van der Waals surface area contributed by atoms with Gasteiger partial charge in [-0.05, 0) is 49.2 Å². The second-order valence-corrected chi connectivity index (χ2v) is 7.27. The van der Waals surface area contributed by atoms with E-state index in [9.17, 15) is 9.59 Å². The van der Waals surface area contributed by atoms with E-state index in [-0.39, 0.29) is 23.1 Å². The molecule has 2 heterocycles. The van der Waals surface area contributed by atoms with E-state index in [4.69, 9.17) is 11.6 Å². The molecule has 4 rings (SSSR count). The third-order valence-electron chi connectivity index (χ3n) is 5.20. The van der Waals surface area contributed by atoms with E-state index in [1.165, 1.54) is 0 Å². The predicted octanol–water partition coefficient (Wildman–Crippen LogP) is 3.23. The third-order valence-corrected chi connectivity index (χ3v) is 5.45. The van der Waals surface area contributed by atoms with Gasteiger partial charge in [-0.2, -0.15) is 0 Å². The Morgan fingerprint density at radius 1 is 1.24 bits per heavy atom. The van der Waals surface area contributed by atoms with Gasteiger partial charge in [-0.15, -0.1) is 0 Å². The Labute approximate surface area is 151 Å². The highest BCUT2D eigenvalue weighted by Crippen LogP contribution is 2.58. The molecule has 0 bridgehead atoms. The van der Waals surface area contributed by atoms with Crippen LogP contribution in [-0.2, 0) is 4.79 Å². The second-order valence-electron chi connectivity index (χ2n) is 6.83. The van der Waals surface area contributed by atoms with Crippen LogP contribution in [0.25, 0.3) is 0 Å². The van der Waals surface area contributed by atoms with E-state index in [1.807, 2.05) is 11.0 Å². The predicted molar refractivity (Wildman–Crippen MR) is 95.4 cm³/mol. The lowest BCUT2D eigenvalue weighted by Gasteiger charge is -2.17. The van der Waals surface area contributed by atoms with Gasteiger partial charge in [0.25, 0.3) is 5.91 Å². The number of nitrogens with zero attached hydrogens (tertiary/aromatic N) is 2. The van der Waals surface area contributed by atoms with Gasteiger partial charge in [-0.1, -0.05) is 11.6 Å². The molecule has 1 aliphatic carbocycles. The van der Waals surface area contributed by atoms with Crippen LogP contribution in [0.4, 0.5) is 5.69 Å². The second kappa shape index (κ2) is 6.15. The number of pyridine rings is 1. The fourth-order valence-electron chi connectivity index (χ4n) is 3.68. The van der Waals surface area contributed by atoms with E-state index in [0.29, 0.717) is 29.4 Å². The normalized spacial score (nSPS) is 24.4. The first-order valence-corrected chi connectivity index (χ1v) is 8.71. The molecule has 1 aromatic carbocycles. The van der Waals surface area contributed by atoms with Crippen LogP contribution in [0, 0.1) is 11.3 Å². The molecule has 2 fully saturated rings. The minimum Gasteiger partial charge on any atom is -0.338 e. The van der Waals surface area contributed by atoms with Crippen molar-refractivity contribution in [1.29, 1.82) is 0 Å². The summed E-state index contributed by atoms with van der Waals surface area (Å²) in [5.74, 6) is -0.00336. The summed E-state index contributed by atoms with van der Waals surface area (Å²) >= 11 is 5.88. The molecular formula is C19H18ClN3O2. The molecule has 2 aliphatic rings. The number of carbonyl (C=O) groups is 2. The van der Waals surface area contributed by atoms with Gasteiger partial charge in [0.2, 0.25) is 5.91 Å². The molecule has 2 atom stereocenters. The summed E-state index contributed by atoms with van der Waals surface area (Å²) < 4.78 is 0. The smallest absolute Gasteiger partial charge is 0.253 e. The van der Waals surface area contributed by atoms with Crippen molar-refractivity contribution in [1.82, 2.24) is 9.88 Å². The van der Waals surface area contributed by atoms with E-state index in [1.54, 1.807) is 42.7 Å². The molecule has 0 radical (unpaired) electrons. The van der Waals surface area contributed by atoms with Crippen LogP contribution in [0.15, 0.2) is 48.8 Å². The summed E-state index contributed by atoms with van der Waals surface area (Å²) in [5, 5.41) is 3.53. The molecular weight excluding hydrogens is 338 g/mol. The van der Waals surface area contributed by atoms with Crippen molar-refractivity contribution < 1.29 is 9.59 Å². The molecule has 25 heavy (non-hydrogen) atoms. The van der Waals surface area contributed by atoms with Gasteiger partial charge in [0, 0.05) is 41.2 Å². The zero-order chi connectivity index (χ0) is 17.4. The van der Waals surface area contributed by atoms with Crippen molar-refractivity contribution in [2.75, 3.05) is 18.4 Å². The topological polar surface area (TPSA) is 62.3 Å². The van der Waals surface area contributed by atoms with E-state index >= 15 is 0 Å². The Kier molecular flexibility index (Phi) is 3.96. The minimum absolute atomic E-state index is 0.00635. The van der Waals surface area contributed by atoms with E-state index in [0.717, 1.165) is 12.8 Å². The maximum atomic E-state index is 12.6. The molecule has 1 aliphatic heterocycles. The first-order valence-electron chi connectivity index (χ1n) is 8.33. The van der Waals surface area contributed by atoms with Crippen molar-refractivity contribution in [3.8, 4) is 0 Å². The lowest BCUT2D eigenvalue weighted by Crippen LogP contribution is -2.29. The maximum Gasteiger partial charge on any atom is 0.253 e. The number of halogens is 1. The highest BCUT2D eigenvalue weighted by atomic mass is 35.5. The number of amides is 2. The van der Waals surface area contributed by atoms with Gasteiger partial charge >= 0.3 is 0 Å².